The predicted molar refractivity (Wildman–Crippen MR) is 62.5 cm³/mol. The summed E-state index contributed by atoms with van der Waals surface area (Å²) in [5.74, 6) is -0.715. The Morgan fingerprint density at radius 2 is 2.25 bits per heavy atom. The average molecular weight is 229 g/mol. The van der Waals surface area contributed by atoms with E-state index in [0.29, 0.717) is 12.5 Å². The lowest BCUT2D eigenvalue weighted by Crippen LogP contribution is -2.41. The fourth-order valence-corrected chi connectivity index (χ4v) is 1.95. The monoisotopic (exact) mass is 229 g/mol. The second kappa shape index (κ2) is 5.64. The van der Waals surface area contributed by atoms with Crippen LogP contribution in [0.1, 0.15) is 33.1 Å². The van der Waals surface area contributed by atoms with E-state index in [1.807, 2.05) is 0 Å². The summed E-state index contributed by atoms with van der Waals surface area (Å²) in [7, 11) is 1.75. The van der Waals surface area contributed by atoms with Crippen molar-refractivity contribution >= 4 is 5.97 Å². The number of carbonyl (C=O) groups is 1. The number of hydrogen-bond donors (Lipinski definition) is 1. The summed E-state index contributed by atoms with van der Waals surface area (Å²) < 4.78 is 5.34. The number of aliphatic carboxylic acids is 1. The minimum Gasteiger partial charge on any atom is -0.481 e. The molecular weight excluding hydrogens is 206 g/mol. The fraction of sp³-hybridized carbons (Fsp3) is 0.917. The van der Waals surface area contributed by atoms with E-state index in [-0.39, 0.29) is 0 Å². The van der Waals surface area contributed by atoms with Crippen molar-refractivity contribution in [2.24, 2.45) is 5.41 Å². The topological polar surface area (TPSA) is 49.8 Å². The molecule has 1 N–H and O–H groups in total. The second-order valence-electron chi connectivity index (χ2n) is 5.24. The Morgan fingerprint density at radius 3 is 2.81 bits per heavy atom. The van der Waals surface area contributed by atoms with E-state index in [2.05, 4.69) is 4.90 Å². The molecule has 1 aliphatic rings. The molecule has 1 rings (SSSR count). The number of ether oxygens (including phenoxy) is 1. The lowest BCUT2D eigenvalue weighted by Gasteiger charge is -2.33. The Bertz CT molecular complexity index is 240. The van der Waals surface area contributed by atoms with Crippen LogP contribution >= 0.6 is 0 Å². The van der Waals surface area contributed by atoms with Gasteiger partial charge in [-0.3, -0.25) is 4.79 Å². The molecule has 94 valence electrons. The normalized spacial score (nSPS) is 23.3. The highest BCUT2D eigenvalue weighted by Gasteiger charge is 2.28. The number of rotatable bonds is 5. The van der Waals surface area contributed by atoms with Gasteiger partial charge in [-0.15, -0.1) is 0 Å². The largest absolute Gasteiger partial charge is 0.481 e. The number of methoxy groups -OCH3 is 1. The van der Waals surface area contributed by atoms with Crippen molar-refractivity contribution in [2.45, 2.75) is 39.2 Å². The molecule has 1 saturated heterocycles. The van der Waals surface area contributed by atoms with Gasteiger partial charge in [-0.25, -0.2) is 0 Å². The van der Waals surface area contributed by atoms with Gasteiger partial charge < -0.3 is 14.7 Å². The molecule has 1 atom stereocenters. The summed E-state index contributed by atoms with van der Waals surface area (Å²) in [5, 5.41) is 9.03. The van der Waals surface area contributed by atoms with Crippen molar-refractivity contribution in [3.63, 3.8) is 0 Å². The molecule has 0 aromatic carbocycles. The van der Waals surface area contributed by atoms with Crippen molar-refractivity contribution in [2.75, 3.05) is 26.7 Å². The molecule has 0 spiro atoms. The van der Waals surface area contributed by atoms with Gasteiger partial charge in [-0.05, 0) is 46.2 Å². The Labute approximate surface area is 97.6 Å². The first-order chi connectivity index (χ1) is 7.45. The quantitative estimate of drug-likeness (QED) is 0.778. The van der Waals surface area contributed by atoms with Gasteiger partial charge in [0.25, 0.3) is 0 Å². The van der Waals surface area contributed by atoms with E-state index in [4.69, 9.17) is 9.84 Å². The number of likely N-dealkylation sites (tertiary alicyclic amines) is 1. The summed E-state index contributed by atoms with van der Waals surface area (Å²) in [6.45, 7) is 6.42. The van der Waals surface area contributed by atoms with Gasteiger partial charge in [-0.2, -0.15) is 0 Å². The van der Waals surface area contributed by atoms with Gasteiger partial charge in [0, 0.05) is 13.7 Å². The molecular formula is C12H23NO3. The number of nitrogens with zero attached hydrogens (tertiary/aromatic N) is 1. The molecule has 1 unspecified atom stereocenters. The third kappa shape index (κ3) is 3.76. The standard InChI is InChI=1S/C12H23NO3/c1-12(2,11(14)15)6-8-13-7-4-5-10(9-13)16-3/h10H,4-9H2,1-3H3,(H,14,15). The SMILES string of the molecule is COC1CCCN(CCC(C)(C)C(=O)O)C1. The summed E-state index contributed by atoms with van der Waals surface area (Å²) in [5.41, 5.74) is -0.625. The van der Waals surface area contributed by atoms with Crippen LogP contribution in [0, 0.1) is 5.41 Å². The predicted octanol–water partition coefficient (Wildman–Crippen LogP) is 1.60. The molecule has 1 aliphatic heterocycles. The van der Waals surface area contributed by atoms with Crippen LogP contribution in [-0.4, -0.2) is 48.8 Å². The van der Waals surface area contributed by atoms with E-state index in [1.165, 1.54) is 0 Å². The van der Waals surface area contributed by atoms with Crippen LogP contribution in [-0.2, 0) is 9.53 Å². The van der Waals surface area contributed by atoms with Crippen molar-refractivity contribution in [1.29, 1.82) is 0 Å². The number of carboxylic acid groups (broad SMARTS) is 1. The number of hydrogen-bond acceptors (Lipinski definition) is 3. The van der Waals surface area contributed by atoms with Gasteiger partial charge >= 0.3 is 5.97 Å². The molecule has 0 amide bonds. The lowest BCUT2D eigenvalue weighted by atomic mass is 9.89. The molecule has 4 nitrogen and oxygen atoms in total. The first kappa shape index (κ1) is 13.5. The molecule has 4 heteroatoms. The Morgan fingerprint density at radius 1 is 1.56 bits per heavy atom. The van der Waals surface area contributed by atoms with Crippen LogP contribution in [0.2, 0.25) is 0 Å². The van der Waals surface area contributed by atoms with E-state index in [1.54, 1.807) is 21.0 Å². The third-order valence-corrected chi connectivity index (χ3v) is 3.43. The van der Waals surface area contributed by atoms with Crippen molar-refractivity contribution in [3.8, 4) is 0 Å². The minimum absolute atomic E-state index is 0.321. The maximum atomic E-state index is 11.0. The van der Waals surface area contributed by atoms with Gasteiger partial charge in [0.15, 0.2) is 0 Å². The molecule has 1 fully saturated rings. The van der Waals surface area contributed by atoms with Crippen molar-refractivity contribution in [1.82, 2.24) is 4.90 Å². The first-order valence-electron chi connectivity index (χ1n) is 5.94. The van der Waals surface area contributed by atoms with Crippen molar-refractivity contribution < 1.29 is 14.6 Å². The highest BCUT2D eigenvalue weighted by Crippen LogP contribution is 2.22. The van der Waals surface area contributed by atoms with Crippen LogP contribution in [0.3, 0.4) is 0 Å². The van der Waals surface area contributed by atoms with Crippen molar-refractivity contribution in [3.05, 3.63) is 0 Å². The maximum Gasteiger partial charge on any atom is 0.309 e. The molecule has 16 heavy (non-hydrogen) atoms. The smallest absolute Gasteiger partial charge is 0.309 e. The minimum atomic E-state index is -0.715. The molecule has 0 aromatic rings. The third-order valence-electron chi connectivity index (χ3n) is 3.43. The highest BCUT2D eigenvalue weighted by atomic mass is 16.5. The molecule has 0 aromatic heterocycles. The van der Waals surface area contributed by atoms with Crippen LogP contribution in [0.15, 0.2) is 0 Å². The molecule has 1 heterocycles. The Kier molecular flexibility index (Phi) is 4.74. The zero-order chi connectivity index (χ0) is 12.2. The zero-order valence-electron chi connectivity index (χ0n) is 10.5. The van der Waals surface area contributed by atoms with E-state index >= 15 is 0 Å². The molecule has 0 radical (unpaired) electrons. The second-order valence-corrected chi connectivity index (χ2v) is 5.24. The average Bonchev–Trinajstić information content (AvgIpc) is 2.26. The van der Waals surface area contributed by atoms with E-state index in [9.17, 15) is 4.79 Å². The molecule has 0 saturated carbocycles. The Hall–Kier alpha value is -0.610. The summed E-state index contributed by atoms with van der Waals surface area (Å²) in [6.07, 6.45) is 3.28. The van der Waals surface area contributed by atoms with Gasteiger partial charge in [0.1, 0.15) is 0 Å². The van der Waals surface area contributed by atoms with Crippen LogP contribution in [0.5, 0.6) is 0 Å². The number of piperidine rings is 1. The van der Waals surface area contributed by atoms with E-state index in [0.717, 1.165) is 32.5 Å². The zero-order valence-corrected chi connectivity index (χ0v) is 10.5. The lowest BCUT2D eigenvalue weighted by molar-refractivity contribution is -0.147. The van der Waals surface area contributed by atoms with Gasteiger partial charge in [-0.1, -0.05) is 0 Å². The van der Waals surface area contributed by atoms with Crippen LogP contribution in [0.4, 0.5) is 0 Å². The summed E-state index contributed by atoms with van der Waals surface area (Å²) in [4.78, 5) is 13.3. The number of carboxylic acids is 1. The summed E-state index contributed by atoms with van der Waals surface area (Å²) in [6, 6.07) is 0. The molecule has 0 bridgehead atoms. The summed E-state index contributed by atoms with van der Waals surface area (Å²) >= 11 is 0. The van der Waals surface area contributed by atoms with Gasteiger partial charge in [0.05, 0.1) is 11.5 Å². The van der Waals surface area contributed by atoms with Gasteiger partial charge in [0.2, 0.25) is 0 Å². The van der Waals surface area contributed by atoms with Crippen LogP contribution in [0.25, 0.3) is 0 Å². The van der Waals surface area contributed by atoms with E-state index < -0.39 is 11.4 Å². The fourth-order valence-electron chi connectivity index (χ4n) is 1.95. The van der Waals surface area contributed by atoms with Crippen LogP contribution < -0.4 is 0 Å². The first-order valence-corrected chi connectivity index (χ1v) is 5.94. The molecule has 0 aliphatic carbocycles. The highest BCUT2D eigenvalue weighted by molar-refractivity contribution is 5.73. The maximum absolute atomic E-state index is 11.0. The Balaban J connectivity index is 2.35.